The summed E-state index contributed by atoms with van der Waals surface area (Å²) in [6, 6.07) is 3.95. The Bertz CT molecular complexity index is 458. The molecule has 0 aliphatic rings. The van der Waals surface area contributed by atoms with E-state index in [-0.39, 0.29) is 0 Å². The summed E-state index contributed by atoms with van der Waals surface area (Å²) in [5.74, 6) is 1.21. The summed E-state index contributed by atoms with van der Waals surface area (Å²) in [4.78, 5) is 14.6. The minimum Gasteiger partial charge on any atom is -0.354 e. The molecule has 17 heavy (non-hydrogen) atoms. The number of anilines is 1. The summed E-state index contributed by atoms with van der Waals surface area (Å²) in [5, 5.41) is 0. The molecule has 0 aromatic carbocycles. The van der Waals surface area contributed by atoms with Gasteiger partial charge in [0.1, 0.15) is 5.82 Å². The summed E-state index contributed by atoms with van der Waals surface area (Å²) < 4.78 is 0. The zero-order chi connectivity index (χ0) is 12.1. The maximum atomic E-state index is 5.66. The Morgan fingerprint density at radius 3 is 2.71 bits per heavy atom. The van der Waals surface area contributed by atoms with E-state index in [4.69, 9.17) is 11.6 Å². The second-order valence-electron chi connectivity index (χ2n) is 3.72. The van der Waals surface area contributed by atoms with Gasteiger partial charge in [0.2, 0.25) is 0 Å². The van der Waals surface area contributed by atoms with Crippen molar-refractivity contribution in [2.45, 2.75) is 12.4 Å². The first-order chi connectivity index (χ1) is 8.29. The highest BCUT2D eigenvalue weighted by Gasteiger charge is 2.04. The summed E-state index contributed by atoms with van der Waals surface area (Å²) in [5.41, 5.74) is 1.92. The smallest absolute Gasteiger partial charge is 0.147 e. The van der Waals surface area contributed by atoms with Crippen LogP contribution in [0.25, 0.3) is 0 Å². The van der Waals surface area contributed by atoms with Crippen LogP contribution in [0.4, 0.5) is 5.82 Å². The van der Waals surface area contributed by atoms with E-state index in [2.05, 4.69) is 15.0 Å². The van der Waals surface area contributed by atoms with Gasteiger partial charge in [0.15, 0.2) is 0 Å². The first-order valence-corrected chi connectivity index (χ1v) is 5.80. The number of alkyl halides is 1. The minimum absolute atomic E-state index is 0.388. The third kappa shape index (κ3) is 3.14. The van der Waals surface area contributed by atoms with E-state index in [1.807, 2.05) is 30.3 Å². The molecule has 0 aliphatic heterocycles. The summed E-state index contributed by atoms with van der Waals surface area (Å²) in [6.45, 7) is 0.753. The van der Waals surface area contributed by atoms with E-state index in [0.717, 1.165) is 23.6 Å². The number of halogens is 1. The van der Waals surface area contributed by atoms with Crippen LogP contribution in [0.3, 0.4) is 0 Å². The van der Waals surface area contributed by atoms with Crippen molar-refractivity contribution in [1.29, 1.82) is 0 Å². The molecule has 2 rings (SSSR count). The first-order valence-electron chi connectivity index (χ1n) is 5.26. The van der Waals surface area contributed by atoms with Gasteiger partial charge in [-0.3, -0.25) is 9.97 Å². The van der Waals surface area contributed by atoms with Gasteiger partial charge in [-0.05, 0) is 11.6 Å². The van der Waals surface area contributed by atoms with Crippen LogP contribution in [0.5, 0.6) is 0 Å². The molecule has 0 fully saturated rings. The van der Waals surface area contributed by atoms with Crippen LogP contribution < -0.4 is 4.90 Å². The Labute approximate surface area is 105 Å². The van der Waals surface area contributed by atoms with Crippen LogP contribution in [-0.4, -0.2) is 22.0 Å². The molecular formula is C12H13ClN4. The third-order valence-electron chi connectivity index (χ3n) is 2.36. The largest absolute Gasteiger partial charge is 0.354 e. The van der Waals surface area contributed by atoms with E-state index in [0.29, 0.717) is 5.88 Å². The van der Waals surface area contributed by atoms with Crippen molar-refractivity contribution in [3.8, 4) is 0 Å². The van der Waals surface area contributed by atoms with Crippen molar-refractivity contribution in [3.05, 3.63) is 48.2 Å². The van der Waals surface area contributed by atoms with Crippen molar-refractivity contribution in [1.82, 2.24) is 15.0 Å². The van der Waals surface area contributed by atoms with E-state index >= 15 is 0 Å². The second kappa shape index (κ2) is 5.59. The highest BCUT2D eigenvalue weighted by atomic mass is 35.5. The lowest BCUT2D eigenvalue weighted by atomic mass is 10.3. The molecule has 0 amide bonds. The number of nitrogens with zero attached hydrogens (tertiary/aromatic N) is 4. The predicted octanol–water partition coefficient (Wildman–Crippen LogP) is 2.25. The molecule has 2 aromatic heterocycles. The maximum absolute atomic E-state index is 5.66. The Morgan fingerprint density at radius 2 is 2.12 bits per heavy atom. The molecule has 0 unspecified atom stereocenters. The number of aromatic nitrogens is 3. The SMILES string of the molecule is CN(Cc1cccnc1)c1cnc(CCl)cn1. The maximum Gasteiger partial charge on any atom is 0.147 e. The highest BCUT2D eigenvalue weighted by molar-refractivity contribution is 6.16. The van der Waals surface area contributed by atoms with Crippen LogP contribution in [0.2, 0.25) is 0 Å². The van der Waals surface area contributed by atoms with Gasteiger partial charge in [0.25, 0.3) is 0 Å². The molecule has 0 N–H and O–H groups in total. The Hall–Kier alpha value is -1.68. The average Bonchev–Trinajstić information content (AvgIpc) is 2.40. The molecule has 0 atom stereocenters. The topological polar surface area (TPSA) is 41.9 Å². The number of pyridine rings is 1. The fourth-order valence-corrected chi connectivity index (χ4v) is 1.60. The standard InChI is InChI=1S/C12H13ClN4/c1-17(9-10-3-2-4-14-6-10)12-8-15-11(5-13)7-16-12/h2-4,6-8H,5,9H2,1H3. The second-order valence-corrected chi connectivity index (χ2v) is 3.98. The van der Waals surface area contributed by atoms with E-state index in [1.165, 1.54) is 0 Å². The molecule has 0 saturated heterocycles. The van der Waals surface area contributed by atoms with Crippen molar-refractivity contribution in [3.63, 3.8) is 0 Å². The van der Waals surface area contributed by atoms with Gasteiger partial charge in [-0.15, -0.1) is 11.6 Å². The van der Waals surface area contributed by atoms with Crippen LogP contribution in [0, 0.1) is 0 Å². The van der Waals surface area contributed by atoms with Gasteiger partial charge in [-0.2, -0.15) is 0 Å². The van der Waals surface area contributed by atoms with Gasteiger partial charge in [0.05, 0.1) is 24.0 Å². The molecule has 0 saturated carbocycles. The monoisotopic (exact) mass is 248 g/mol. The molecular weight excluding hydrogens is 236 g/mol. The van der Waals surface area contributed by atoms with Gasteiger partial charge in [-0.1, -0.05) is 6.07 Å². The Balaban J connectivity index is 2.06. The van der Waals surface area contributed by atoms with Crippen molar-refractivity contribution >= 4 is 17.4 Å². The van der Waals surface area contributed by atoms with Crippen LogP contribution in [-0.2, 0) is 12.4 Å². The lowest BCUT2D eigenvalue weighted by Gasteiger charge is -2.17. The lowest BCUT2D eigenvalue weighted by Crippen LogP contribution is -2.18. The van der Waals surface area contributed by atoms with Crippen molar-refractivity contribution in [2.75, 3.05) is 11.9 Å². The average molecular weight is 249 g/mol. The number of hydrogen-bond donors (Lipinski definition) is 0. The molecule has 0 aliphatic carbocycles. The zero-order valence-electron chi connectivity index (χ0n) is 9.55. The Kier molecular flexibility index (Phi) is 3.88. The fraction of sp³-hybridized carbons (Fsp3) is 0.250. The molecule has 0 spiro atoms. The summed E-state index contributed by atoms with van der Waals surface area (Å²) in [6.07, 6.45) is 7.03. The van der Waals surface area contributed by atoms with Gasteiger partial charge >= 0.3 is 0 Å². The highest BCUT2D eigenvalue weighted by Crippen LogP contribution is 2.11. The molecule has 2 heterocycles. The molecule has 0 bridgehead atoms. The van der Waals surface area contributed by atoms with E-state index in [9.17, 15) is 0 Å². The molecule has 2 aromatic rings. The van der Waals surface area contributed by atoms with Crippen molar-refractivity contribution < 1.29 is 0 Å². The van der Waals surface area contributed by atoms with Gasteiger partial charge in [-0.25, -0.2) is 4.98 Å². The fourth-order valence-electron chi connectivity index (χ4n) is 1.46. The predicted molar refractivity (Wildman–Crippen MR) is 67.9 cm³/mol. The Morgan fingerprint density at radius 1 is 1.24 bits per heavy atom. The van der Waals surface area contributed by atoms with E-state index < -0.39 is 0 Å². The number of rotatable bonds is 4. The summed E-state index contributed by atoms with van der Waals surface area (Å²) >= 11 is 5.66. The van der Waals surface area contributed by atoms with Gasteiger partial charge < -0.3 is 4.90 Å². The lowest BCUT2D eigenvalue weighted by molar-refractivity contribution is 0.879. The van der Waals surface area contributed by atoms with Crippen molar-refractivity contribution in [2.24, 2.45) is 0 Å². The first kappa shape index (κ1) is 11.8. The third-order valence-corrected chi connectivity index (χ3v) is 2.64. The van der Waals surface area contributed by atoms with Crippen LogP contribution in [0.15, 0.2) is 36.9 Å². The number of hydrogen-bond acceptors (Lipinski definition) is 4. The molecule has 5 heteroatoms. The normalized spacial score (nSPS) is 10.2. The molecule has 0 radical (unpaired) electrons. The van der Waals surface area contributed by atoms with E-state index in [1.54, 1.807) is 18.6 Å². The molecule has 4 nitrogen and oxygen atoms in total. The minimum atomic E-state index is 0.388. The molecule has 88 valence electrons. The van der Waals surface area contributed by atoms with Crippen LogP contribution >= 0.6 is 11.6 Å². The summed E-state index contributed by atoms with van der Waals surface area (Å²) in [7, 11) is 1.97. The quantitative estimate of drug-likeness (QED) is 0.779. The van der Waals surface area contributed by atoms with Crippen LogP contribution in [0.1, 0.15) is 11.3 Å². The zero-order valence-corrected chi connectivity index (χ0v) is 10.3. The van der Waals surface area contributed by atoms with Gasteiger partial charge in [0, 0.05) is 26.0 Å².